The molecule has 1 N–H and O–H groups in total. The Morgan fingerprint density at radius 2 is 1.80 bits per heavy atom. The molecule has 25 heavy (non-hydrogen) atoms. The van der Waals surface area contributed by atoms with Crippen LogP contribution in [0, 0.1) is 0 Å². The molecule has 9 heteroatoms. The maximum Gasteiger partial charge on any atom is 0.411 e. The van der Waals surface area contributed by atoms with Gasteiger partial charge < -0.3 is 14.8 Å². The van der Waals surface area contributed by atoms with Crippen LogP contribution in [0.5, 0.6) is 5.75 Å². The molecule has 2 amide bonds. The number of rotatable bonds is 7. The van der Waals surface area contributed by atoms with E-state index in [0.717, 1.165) is 0 Å². The van der Waals surface area contributed by atoms with Crippen LogP contribution in [0.3, 0.4) is 0 Å². The SMILES string of the molecule is CC(C)NC(=O)N(C)c1ccc(OC(=O)CCOCC(F)(F)F)cc1. The lowest BCUT2D eigenvalue weighted by atomic mass is 10.3. The second-order valence-corrected chi connectivity index (χ2v) is 5.55. The van der Waals surface area contributed by atoms with Gasteiger partial charge in [-0.3, -0.25) is 9.69 Å². The molecule has 0 radical (unpaired) electrons. The van der Waals surface area contributed by atoms with Gasteiger partial charge in [-0.1, -0.05) is 0 Å². The first-order valence-electron chi connectivity index (χ1n) is 7.58. The molecule has 0 saturated heterocycles. The van der Waals surface area contributed by atoms with Crippen molar-refractivity contribution in [2.75, 3.05) is 25.2 Å². The summed E-state index contributed by atoms with van der Waals surface area (Å²) in [6, 6.07) is 5.87. The Morgan fingerprint density at radius 1 is 1.20 bits per heavy atom. The van der Waals surface area contributed by atoms with E-state index < -0.39 is 18.8 Å². The molecule has 0 bridgehead atoms. The van der Waals surface area contributed by atoms with Crippen molar-refractivity contribution in [1.82, 2.24) is 5.32 Å². The molecule has 0 aliphatic rings. The van der Waals surface area contributed by atoms with Crippen molar-refractivity contribution in [2.45, 2.75) is 32.5 Å². The second-order valence-electron chi connectivity index (χ2n) is 5.55. The normalized spacial score (nSPS) is 11.3. The summed E-state index contributed by atoms with van der Waals surface area (Å²) in [6.07, 6.45) is -4.72. The van der Waals surface area contributed by atoms with Gasteiger partial charge in [0.1, 0.15) is 12.4 Å². The predicted octanol–water partition coefficient (Wildman–Crippen LogP) is 3.12. The third-order valence-corrected chi connectivity index (χ3v) is 2.89. The summed E-state index contributed by atoms with van der Waals surface area (Å²) in [4.78, 5) is 24.8. The molecule has 0 spiro atoms. The predicted molar refractivity (Wildman–Crippen MR) is 85.6 cm³/mol. The zero-order valence-electron chi connectivity index (χ0n) is 14.2. The number of alkyl halides is 3. The molecular weight excluding hydrogens is 341 g/mol. The minimum atomic E-state index is -4.42. The first kappa shape index (κ1) is 20.8. The van der Waals surface area contributed by atoms with Crippen molar-refractivity contribution >= 4 is 17.7 Å². The topological polar surface area (TPSA) is 67.9 Å². The van der Waals surface area contributed by atoms with Gasteiger partial charge in [0.05, 0.1) is 13.0 Å². The zero-order valence-corrected chi connectivity index (χ0v) is 14.2. The highest BCUT2D eigenvalue weighted by molar-refractivity contribution is 5.91. The lowest BCUT2D eigenvalue weighted by Gasteiger charge is -2.20. The van der Waals surface area contributed by atoms with E-state index in [0.29, 0.717) is 5.69 Å². The summed E-state index contributed by atoms with van der Waals surface area (Å²) >= 11 is 0. The second kappa shape index (κ2) is 9.26. The van der Waals surface area contributed by atoms with Crippen molar-refractivity contribution in [1.29, 1.82) is 0 Å². The van der Waals surface area contributed by atoms with Crippen LogP contribution in [0.1, 0.15) is 20.3 Å². The number of carbonyl (C=O) groups excluding carboxylic acids is 2. The number of halogens is 3. The van der Waals surface area contributed by atoms with Crippen molar-refractivity contribution in [3.63, 3.8) is 0 Å². The molecule has 0 atom stereocenters. The van der Waals surface area contributed by atoms with Gasteiger partial charge in [0.15, 0.2) is 0 Å². The Hall–Kier alpha value is -2.29. The van der Waals surface area contributed by atoms with Crippen LogP contribution >= 0.6 is 0 Å². The summed E-state index contributed by atoms with van der Waals surface area (Å²) in [5.74, 6) is -0.483. The maximum absolute atomic E-state index is 11.9. The van der Waals surface area contributed by atoms with E-state index >= 15 is 0 Å². The van der Waals surface area contributed by atoms with Gasteiger partial charge in [-0.15, -0.1) is 0 Å². The molecule has 0 aliphatic carbocycles. The van der Waals surface area contributed by atoms with Gasteiger partial charge >= 0.3 is 18.2 Å². The number of esters is 1. The maximum atomic E-state index is 11.9. The van der Waals surface area contributed by atoms with Gasteiger partial charge in [-0.2, -0.15) is 13.2 Å². The summed E-state index contributed by atoms with van der Waals surface area (Å²) in [5, 5.41) is 2.73. The Labute approximate surface area is 143 Å². The monoisotopic (exact) mass is 362 g/mol. The van der Waals surface area contributed by atoms with Crippen LogP contribution in [0.15, 0.2) is 24.3 Å². The molecule has 0 aromatic heterocycles. The third kappa shape index (κ3) is 8.39. The minimum absolute atomic E-state index is 0.00487. The lowest BCUT2D eigenvalue weighted by Crippen LogP contribution is -2.40. The van der Waals surface area contributed by atoms with Crippen LogP contribution in [0.25, 0.3) is 0 Å². The summed E-state index contributed by atoms with van der Waals surface area (Å²) < 4.78 is 45.0. The van der Waals surface area contributed by atoms with E-state index in [4.69, 9.17) is 4.74 Å². The highest BCUT2D eigenvalue weighted by atomic mass is 19.4. The van der Waals surface area contributed by atoms with Crippen LogP contribution in [0.4, 0.5) is 23.7 Å². The number of hydrogen-bond acceptors (Lipinski definition) is 4. The molecular formula is C16H21F3N2O4. The zero-order chi connectivity index (χ0) is 19.0. The Morgan fingerprint density at radius 3 is 2.32 bits per heavy atom. The Kier molecular flexibility index (Phi) is 7.69. The number of hydrogen-bond donors (Lipinski definition) is 1. The Bertz CT molecular complexity index is 574. The first-order chi connectivity index (χ1) is 11.6. The van der Waals surface area contributed by atoms with E-state index in [1.807, 2.05) is 13.8 Å². The minimum Gasteiger partial charge on any atom is -0.426 e. The van der Waals surface area contributed by atoms with Crippen LogP contribution in [-0.4, -0.2) is 44.5 Å². The highest BCUT2D eigenvalue weighted by Gasteiger charge is 2.27. The smallest absolute Gasteiger partial charge is 0.411 e. The molecule has 6 nitrogen and oxygen atoms in total. The number of nitrogens with one attached hydrogen (secondary N) is 1. The van der Waals surface area contributed by atoms with E-state index in [-0.39, 0.29) is 30.9 Å². The lowest BCUT2D eigenvalue weighted by molar-refractivity contribution is -0.175. The van der Waals surface area contributed by atoms with Gasteiger partial charge in [0.25, 0.3) is 0 Å². The van der Waals surface area contributed by atoms with Crippen molar-refractivity contribution in [3.05, 3.63) is 24.3 Å². The summed E-state index contributed by atoms with van der Waals surface area (Å²) in [5.41, 5.74) is 0.589. The fraction of sp³-hybridized carbons (Fsp3) is 0.500. The van der Waals surface area contributed by atoms with Crippen molar-refractivity contribution < 1.29 is 32.2 Å². The van der Waals surface area contributed by atoms with Crippen molar-refractivity contribution in [2.24, 2.45) is 0 Å². The molecule has 0 fully saturated rings. The molecule has 0 heterocycles. The first-order valence-corrected chi connectivity index (χ1v) is 7.58. The van der Waals surface area contributed by atoms with Crippen LogP contribution in [0.2, 0.25) is 0 Å². The molecule has 0 aliphatic heterocycles. The number of benzene rings is 1. The van der Waals surface area contributed by atoms with Gasteiger partial charge in [-0.25, -0.2) is 4.79 Å². The van der Waals surface area contributed by atoms with Crippen LogP contribution < -0.4 is 15.0 Å². The quantitative estimate of drug-likeness (QED) is 0.460. The number of urea groups is 1. The van der Waals surface area contributed by atoms with E-state index in [1.54, 1.807) is 19.2 Å². The average molecular weight is 362 g/mol. The van der Waals surface area contributed by atoms with Crippen LogP contribution in [-0.2, 0) is 9.53 Å². The molecule has 0 unspecified atom stereocenters. The van der Waals surface area contributed by atoms with Crippen molar-refractivity contribution in [3.8, 4) is 5.75 Å². The molecule has 0 saturated carbocycles. The fourth-order valence-corrected chi connectivity index (χ4v) is 1.72. The third-order valence-electron chi connectivity index (χ3n) is 2.89. The molecule has 1 aromatic rings. The number of amides is 2. The standard InChI is InChI=1S/C16H21F3N2O4/c1-11(2)20-15(23)21(3)12-4-6-13(7-5-12)25-14(22)8-9-24-10-16(17,18)19/h4-7,11H,8-10H2,1-3H3,(H,20,23). The van der Waals surface area contributed by atoms with Gasteiger partial charge in [-0.05, 0) is 38.1 Å². The summed E-state index contributed by atoms with van der Waals surface area (Å²) in [6.45, 7) is 1.90. The molecule has 1 aromatic carbocycles. The molecule has 140 valence electrons. The summed E-state index contributed by atoms with van der Waals surface area (Å²) in [7, 11) is 1.59. The fourth-order valence-electron chi connectivity index (χ4n) is 1.72. The molecule has 1 rings (SSSR count). The van der Waals surface area contributed by atoms with E-state index in [2.05, 4.69) is 10.1 Å². The Balaban J connectivity index is 2.45. The largest absolute Gasteiger partial charge is 0.426 e. The highest BCUT2D eigenvalue weighted by Crippen LogP contribution is 2.19. The van der Waals surface area contributed by atoms with E-state index in [1.165, 1.54) is 17.0 Å². The number of ether oxygens (including phenoxy) is 2. The van der Waals surface area contributed by atoms with E-state index in [9.17, 15) is 22.8 Å². The van der Waals surface area contributed by atoms with Gasteiger partial charge in [0.2, 0.25) is 0 Å². The number of anilines is 1. The number of carbonyl (C=O) groups is 2. The van der Waals surface area contributed by atoms with Gasteiger partial charge in [0, 0.05) is 18.8 Å². The number of nitrogens with zero attached hydrogens (tertiary/aromatic N) is 1. The average Bonchev–Trinajstić information content (AvgIpc) is 2.50.